The van der Waals surface area contributed by atoms with E-state index in [-0.39, 0.29) is 5.82 Å². The fourth-order valence-electron chi connectivity index (χ4n) is 2.33. The second kappa shape index (κ2) is 8.12. The highest BCUT2D eigenvalue weighted by atomic mass is 19.1. The maximum Gasteiger partial charge on any atom is 0.130 e. The van der Waals surface area contributed by atoms with Crippen molar-refractivity contribution in [1.29, 1.82) is 0 Å². The fraction of sp³-hybridized carbons (Fsp3) is 0.625. The molecule has 1 nitrogen and oxygen atoms in total. The maximum absolute atomic E-state index is 13.6. The molecule has 18 heavy (non-hydrogen) atoms. The van der Waals surface area contributed by atoms with Crippen molar-refractivity contribution in [2.24, 2.45) is 0 Å². The summed E-state index contributed by atoms with van der Waals surface area (Å²) >= 11 is 0. The zero-order valence-corrected chi connectivity index (χ0v) is 11.8. The summed E-state index contributed by atoms with van der Waals surface area (Å²) in [5.41, 5.74) is 0.747. The van der Waals surface area contributed by atoms with E-state index < -0.39 is 0 Å². The molecule has 1 aliphatic carbocycles. The van der Waals surface area contributed by atoms with Crippen LogP contribution in [0.4, 0.5) is 4.39 Å². The Bertz CT molecular complexity index is 343. The molecule has 1 saturated carbocycles. The van der Waals surface area contributed by atoms with Crippen LogP contribution in [-0.2, 0) is 6.42 Å². The summed E-state index contributed by atoms with van der Waals surface area (Å²) < 4.78 is 19.5. The van der Waals surface area contributed by atoms with Crippen LogP contribution in [0.5, 0.6) is 5.75 Å². The highest BCUT2D eigenvalue weighted by Gasteiger charge is 2.18. The summed E-state index contributed by atoms with van der Waals surface area (Å²) in [5, 5.41) is 0. The van der Waals surface area contributed by atoms with E-state index in [0.29, 0.717) is 6.10 Å². The van der Waals surface area contributed by atoms with Gasteiger partial charge >= 0.3 is 0 Å². The minimum Gasteiger partial charge on any atom is -0.490 e. The molecule has 0 atom stereocenters. The Labute approximate surface area is 110 Å². The lowest BCUT2D eigenvalue weighted by Crippen LogP contribution is -2.12. The zero-order valence-electron chi connectivity index (χ0n) is 11.8. The van der Waals surface area contributed by atoms with Gasteiger partial charge in [-0.25, -0.2) is 4.39 Å². The van der Waals surface area contributed by atoms with Crippen LogP contribution in [-0.4, -0.2) is 6.10 Å². The van der Waals surface area contributed by atoms with Gasteiger partial charge in [-0.2, -0.15) is 0 Å². The fourth-order valence-corrected chi connectivity index (χ4v) is 2.33. The van der Waals surface area contributed by atoms with E-state index in [1.165, 1.54) is 18.9 Å². The normalized spacial score (nSPS) is 15.1. The first-order chi connectivity index (χ1) is 8.81. The monoisotopic (exact) mass is 252 g/mol. The number of ether oxygens (including phenoxy) is 1. The second-order valence-corrected chi connectivity index (χ2v) is 4.49. The molecule has 0 unspecified atom stereocenters. The van der Waals surface area contributed by atoms with Crippen LogP contribution in [0.15, 0.2) is 18.2 Å². The van der Waals surface area contributed by atoms with E-state index in [1.54, 1.807) is 6.07 Å². The molecule has 1 aliphatic rings. The van der Waals surface area contributed by atoms with Crippen molar-refractivity contribution in [1.82, 2.24) is 0 Å². The Morgan fingerprint density at radius 2 is 1.89 bits per heavy atom. The van der Waals surface area contributed by atoms with E-state index >= 15 is 0 Å². The minimum atomic E-state index is -0.127. The summed E-state index contributed by atoms with van der Waals surface area (Å²) in [6.07, 6.45) is 6.71. The van der Waals surface area contributed by atoms with E-state index in [4.69, 9.17) is 4.74 Å². The third kappa shape index (κ3) is 4.01. The van der Waals surface area contributed by atoms with Gasteiger partial charge in [-0.05, 0) is 44.2 Å². The Morgan fingerprint density at radius 1 is 1.22 bits per heavy atom. The van der Waals surface area contributed by atoms with Crippen molar-refractivity contribution >= 4 is 0 Å². The molecule has 1 aromatic carbocycles. The molecular weight excluding hydrogens is 227 g/mol. The smallest absolute Gasteiger partial charge is 0.130 e. The van der Waals surface area contributed by atoms with Crippen molar-refractivity contribution in [2.45, 2.75) is 65.4 Å². The van der Waals surface area contributed by atoms with Crippen molar-refractivity contribution in [3.63, 3.8) is 0 Å². The Balaban J connectivity index is 0.000000771. The van der Waals surface area contributed by atoms with Crippen LogP contribution < -0.4 is 4.74 Å². The summed E-state index contributed by atoms with van der Waals surface area (Å²) in [5.74, 6) is 0.631. The molecule has 0 N–H and O–H groups in total. The van der Waals surface area contributed by atoms with Crippen LogP contribution in [0.1, 0.15) is 58.4 Å². The zero-order chi connectivity index (χ0) is 13.4. The average Bonchev–Trinajstić information content (AvgIpc) is 2.89. The largest absolute Gasteiger partial charge is 0.490 e. The van der Waals surface area contributed by atoms with Gasteiger partial charge in [0.05, 0.1) is 6.10 Å². The number of halogens is 1. The first-order valence-electron chi connectivity index (χ1n) is 7.25. The standard InChI is InChI=1S/C14H19FO.C2H6/c1-2-6-12-13(15)9-5-10-14(12)16-11-7-3-4-8-11;1-2/h5,9-11H,2-4,6-8H2,1H3;1-2H3. The van der Waals surface area contributed by atoms with Crippen molar-refractivity contribution < 1.29 is 9.13 Å². The van der Waals surface area contributed by atoms with Gasteiger partial charge in [0.15, 0.2) is 0 Å². The lowest BCUT2D eigenvalue weighted by Gasteiger charge is -2.16. The van der Waals surface area contributed by atoms with E-state index in [1.807, 2.05) is 19.9 Å². The van der Waals surface area contributed by atoms with Gasteiger partial charge in [-0.15, -0.1) is 0 Å². The van der Waals surface area contributed by atoms with Crippen LogP contribution >= 0.6 is 0 Å². The number of rotatable bonds is 4. The van der Waals surface area contributed by atoms with E-state index in [9.17, 15) is 4.39 Å². The predicted molar refractivity (Wildman–Crippen MR) is 74.6 cm³/mol. The van der Waals surface area contributed by atoms with Crippen LogP contribution in [0.2, 0.25) is 0 Å². The topological polar surface area (TPSA) is 9.23 Å². The van der Waals surface area contributed by atoms with Gasteiger partial charge < -0.3 is 4.74 Å². The summed E-state index contributed by atoms with van der Waals surface area (Å²) in [6, 6.07) is 5.15. The minimum absolute atomic E-state index is 0.127. The predicted octanol–water partition coefficient (Wildman–Crippen LogP) is 5.13. The Hall–Kier alpha value is -1.05. The van der Waals surface area contributed by atoms with Crippen molar-refractivity contribution in [3.8, 4) is 5.75 Å². The molecule has 1 aromatic rings. The first-order valence-corrected chi connectivity index (χ1v) is 7.25. The average molecular weight is 252 g/mol. The number of hydrogen-bond acceptors (Lipinski definition) is 1. The van der Waals surface area contributed by atoms with Crippen molar-refractivity contribution in [2.75, 3.05) is 0 Å². The quantitative estimate of drug-likeness (QED) is 0.722. The summed E-state index contributed by atoms with van der Waals surface area (Å²) in [6.45, 7) is 6.06. The molecule has 2 heteroatoms. The molecule has 0 radical (unpaired) electrons. The molecule has 2 rings (SSSR count). The van der Waals surface area contributed by atoms with E-state index in [2.05, 4.69) is 6.92 Å². The van der Waals surface area contributed by atoms with Gasteiger partial charge in [0.1, 0.15) is 11.6 Å². The molecule has 0 amide bonds. The third-order valence-electron chi connectivity index (χ3n) is 3.17. The van der Waals surface area contributed by atoms with Crippen LogP contribution in [0.25, 0.3) is 0 Å². The highest BCUT2D eigenvalue weighted by molar-refractivity contribution is 5.35. The molecule has 0 spiro atoms. The van der Waals surface area contributed by atoms with Gasteiger partial charge in [0, 0.05) is 5.56 Å². The van der Waals surface area contributed by atoms with Gasteiger partial charge in [-0.3, -0.25) is 0 Å². The number of benzene rings is 1. The highest BCUT2D eigenvalue weighted by Crippen LogP contribution is 2.28. The van der Waals surface area contributed by atoms with Gasteiger partial charge in [0.25, 0.3) is 0 Å². The lowest BCUT2D eigenvalue weighted by molar-refractivity contribution is 0.207. The second-order valence-electron chi connectivity index (χ2n) is 4.49. The SMILES string of the molecule is CC.CCCc1c(F)cccc1OC1CCCC1. The van der Waals surface area contributed by atoms with Gasteiger partial charge in [-0.1, -0.05) is 33.3 Å². The molecule has 0 aromatic heterocycles. The molecule has 0 heterocycles. The maximum atomic E-state index is 13.6. The van der Waals surface area contributed by atoms with Crippen LogP contribution in [0.3, 0.4) is 0 Å². The van der Waals surface area contributed by atoms with Crippen LogP contribution in [0, 0.1) is 5.82 Å². The lowest BCUT2D eigenvalue weighted by atomic mass is 10.1. The Morgan fingerprint density at radius 3 is 2.50 bits per heavy atom. The molecule has 102 valence electrons. The Kier molecular flexibility index (Phi) is 6.77. The molecular formula is C16H25FO. The molecule has 0 saturated heterocycles. The molecule has 0 aliphatic heterocycles. The first kappa shape index (κ1) is 15.0. The molecule has 0 bridgehead atoms. The molecule has 1 fully saturated rings. The van der Waals surface area contributed by atoms with E-state index in [0.717, 1.165) is 37.0 Å². The van der Waals surface area contributed by atoms with Gasteiger partial charge in [0.2, 0.25) is 0 Å². The summed E-state index contributed by atoms with van der Waals surface area (Å²) in [7, 11) is 0. The van der Waals surface area contributed by atoms with Crippen molar-refractivity contribution in [3.05, 3.63) is 29.6 Å². The third-order valence-corrected chi connectivity index (χ3v) is 3.17. The summed E-state index contributed by atoms with van der Waals surface area (Å²) in [4.78, 5) is 0. The number of hydrogen-bond donors (Lipinski definition) is 0.